The molecule has 0 aliphatic carbocycles. The molecule has 1 amide bonds. The number of halogens is 2. The quantitative estimate of drug-likeness (QED) is 0.654. The van der Waals surface area contributed by atoms with Gasteiger partial charge >= 0.3 is 5.97 Å². The summed E-state index contributed by atoms with van der Waals surface area (Å²) >= 11 is 0. The third-order valence-electron chi connectivity index (χ3n) is 4.12. The van der Waals surface area contributed by atoms with Crippen molar-refractivity contribution in [3.63, 3.8) is 0 Å². The molecule has 1 atom stereocenters. The number of hydrogen-bond donors (Lipinski definition) is 2. The first-order valence-electron chi connectivity index (χ1n) is 8.39. The summed E-state index contributed by atoms with van der Waals surface area (Å²) < 4.78 is 32.2. The van der Waals surface area contributed by atoms with Crippen LogP contribution in [0.3, 0.4) is 0 Å². The Morgan fingerprint density at radius 1 is 1.24 bits per heavy atom. The molecule has 0 radical (unpaired) electrons. The maximum atomic E-state index is 13.4. The molecule has 150 valence electrons. The summed E-state index contributed by atoms with van der Waals surface area (Å²) in [6.45, 7) is 1.59. The average molecular weight is 403 g/mol. The minimum Gasteiger partial charge on any atom is -0.480 e. The van der Waals surface area contributed by atoms with Crippen molar-refractivity contribution in [1.82, 2.24) is 9.72 Å². The summed E-state index contributed by atoms with van der Waals surface area (Å²) in [6, 6.07) is 5.64. The van der Waals surface area contributed by atoms with E-state index < -0.39 is 35.1 Å². The summed E-state index contributed by atoms with van der Waals surface area (Å²) in [4.78, 5) is 36.6. The fourth-order valence-electron chi connectivity index (χ4n) is 2.70. The predicted octanol–water partition coefficient (Wildman–Crippen LogP) is 2.54. The number of anilines is 1. The number of carbonyl (C=O) groups excluding carboxylic acids is 1. The van der Waals surface area contributed by atoms with Crippen molar-refractivity contribution < 1.29 is 28.0 Å². The molecule has 3 aromatic rings. The number of aromatic nitrogens is 2. The lowest BCUT2D eigenvalue weighted by Gasteiger charge is -2.17. The first-order chi connectivity index (χ1) is 13.8. The molecule has 0 fully saturated rings. The second kappa shape index (κ2) is 8.05. The highest BCUT2D eigenvalue weighted by atomic mass is 19.2. The molecule has 10 heteroatoms. The molecule has 2 N–H and O–H groups in total. The number of nitrogens with one attached hydrogen (secondary N) is 1. The monoisotopic (exact) mass is 403 g/mol. The van der Waals surface area contributed by atoms with Gasteiger partial charge in [-0.05, 0) is 36.8 Å². The van der Waals surface area contributed by atoms with Gasteiger partial charge in [0.25, 0.3) is 11.5 Å². The average Bonchev–Trinajstić information content (AvgIpc) is 3.11. The normalized spacial score (nSPS) is 11.8. The molecule has 0 saturated heterocycles. The molecule has 0 aliphatic heterocycles. The zero-order valence-electron chi connectivity index (χ0n) is 15.1. The number of carboxylic acids is 1. The van der Waals surface area contributed by atoms with Crippen molar-refractivity contribution in [2.24, 2.45) is 0 Å². The molecule has 8 nitrogen and oxygen atoms in total. The van der Waals surface area contributed by atoms with E-state index in [9.17, 15) is 28.3 Å². The molecule has 2 heterocycles. The van der Waals surface area contributed by atoms with Crippen LogP contribution in [0.1, 0.15) is 27.9 Å². The first-order valence-corrected chi connectivity index (χ1v) is 8.39. The van der Waals surface area contributed by atoms with Crippen LogP contribution in [0.4, 0.5) is 14.5 Å². The van der Waals surface area contributed by atoms with E-state index in [1.54, 1.807) is 6.92 Å². The standard InChI is InChI=1S/C19H15F2N3O5/c1-10-7-15(23-29-10)17(25)22-14-3-2-6-24(18(14)26)16(19(27)28)9-11-4-5-12(20)13(21)8-11/h2-8,16H,9H2,1H3,(H,22,25)(H,27,28)/t16-/m0/s1. The lowest BCUT2D eigenvalue weighted by molar-refractivity contribution is -0.141. The second-order valence-corrected chi connectivity index (χ2v) is 6.22. The highest BCUT2D eigenvalue weighted by Gasteiger charge is 2.23. The molecule has 29 heavy (non-hydrogen) atoms. The van der Waals surface area contributed by atoms with E-state index >= 15 is 0 Å². The minimum absolute atomic E-state index is 0.0473. The van der Waals surface area contributed by atoms with Gasteiger partial charge in [0, 0.05) is 18.7 Å². The Labute approximate surface area is 162 Å². The zero-order valence-corrected chi connectivity index (χ0v) is 15.1. The molecular weight excluding hydrogens is 388 g/mol. The van der Waals surface area contributed by atoms with Gasteiger partial charge in [-0.25, -0.2) is 13.6 Å². The molecule has 1 aromatic carbocycles. The van der Waals surface area contributed by atoms with Crippen molar-refractivity contribution >= 4 is 17.6 Å². The van der Waals surface area contributed by atoms with E-state index in [4.69, 9.17) is 4.52 Å². The van der Waals surface area contributed by atoms with Crippen LogP contribution in [-0.4, -0.2) is 26.7 Å². The number of aliphatic carboxylic acids is 1. The van der Waals surface area contributed by atoms with Gasteiger partial charge in [0.05, 0.1) is 0 Å². The minimum atomic E-state index is -1.40. The number of benzene rings is 1. The largest absolute Gasteiger partial charge is 0.480 e. The van der Waals surface area contributed by atoms with Crippen molar-refractivity contribution in [3.05, 3.63) is 81.6 Å². The molecule has 2 aromatic heterocycles. The number of carbonyl (C=O) groups is 2. The smallest absolute Gasteiger partial charge is 0.327 e. The number of carboxylic acid groups (broad SMARTS) is 1. The fraction of sp³-hybridized carbons (Fsp3) is 0.158. The van der Waals surface area contributed by atoms with Crippen LogP contribution < -0.4 is 10.9 Å². The second-order valence-electron chi connectivity index (χ2n) is 6.22. The summed E-state index contributed by atoms with van der Waals surface area (Å²) in [5.41, 5.74) is -0.810. The van der Waals surface area contributed by atoms with Gasteiger partial charge < -0.3 is 14.9 Å². The molecule has 0 aliphatic rings. The van der Waals surface area contributed by atoms with E-state index in [1.807, 2.05) is 0 Å². The summed E-state index contributed by atoms with van der Waals surface area (Å²) in [6.07, 6.45) is 0.962. The van der Waals surface area contributed by atoms with Crippen molar-refractivity contribution in [3.8, 4) is 0 Å². The lowest BCUT2D eigenvalue weighted by atomic mass is 10.1. The van der Waals surface area contributed by atoms with Crippen molar-refractivity contribution in [1.29, 1.82) is 0 Å². The van der Waals surface area contributed by atoms with Crippen LogP contribution in [0.25, 0.3) is 0 Å². The Kier molecular flexibility index (Phi) is 5.53. The van der Waals surface area contributed by atoms with E-state index in [1.165, 1.54) is 30.5 Å². The maximum absolute atomic E-state index is 13.4. The molecule has 0 unspecified atom stereocenters. The van der Waals surface area contributed by atoms with Gasteiger partial charge in [0.2, 0.25) is 0 Å². The van der Waals surface area contributed by atoms with Crippen LogP contribution in [-0.2, 0) is 11.2 Å². The first kappa shape index (κ1) is 19.9. The van der Waals surface area contributed by atoms with E-state index in [0.717, 1.165) is 16.7 Å². The van der Waals surface area contributed by atoms with Gasteiger partial charge in [-0.3, -0.25) is 14.2 Å². The fourth-order valence-corrected chi connectivity index (χ4v) is 2.70. The molecule has 0 bridgehead atoms. The van der Waals surface area contributed by atoms with Gasteiger partial charge in [0.15, 0.2) is 17.3 Å². The van der Waals surface area contributed by atoms with Gasteiger partial charge in [-0.15, -0.1) is 0 Å². The highest BCUT2D eigenvalue weighted by Crippen LogP contribution is 2.17. The Morgan fingerprint density at radius 3 is 2.62 bits per heavy atom. The van der Waals surface area contributed by atoms with Crippen LogP contribution in [0.5, 0.6) is 0 Å². The van der Waals surface area contributed by atoms with E-state index in [2.05, 4.69) is 10.5 Å². The number of nitrogens with zero attached hydrogens (tertiary/aromatic N) is 2. The van der Waals surface area contributed by atoms with Gasteiger partial charge in [0.1, 0.15) is 17.5 Å². The summed E-state index contributed by atoms with van der Waals surface area (Å²) in [5.74, 6) is -3.84. The Balaban J connectivity index is 1.90. The highest BCUT2D eigenvalue weighted by molar-refractivity contribution is 6.02. The third-order valence-corrected chi connectivity index (χ3v) is 4.12. The Morgan fingerprint density at radius 2 is 2.00 bits per heavy atom. The number of amides is 1. The number of hydrogen-bond acceptors (Lipinski definition) is 5. The van der Waals surface area contributed by atoms with Crippen molar-refractivity contribution in [2.45, 2.75) is 19.4 Å². The van der Waals surface area contributed by atoms with Gasteiger partial charge in [-0.2, -0.15) is 0 Å². The summed E-state index contributed by atoms with van der Waals surface area (Å²) in [5, 5.41) is 15.5. The molecule has 0 spiro atoms. The Bertz CT molecular complexity index is 1140. The van der Waals surface area contributed by atoms with Crippen LogP contribution >= 0.6 is 0 Å². The van der Waals surface area contributed by atoms with Crippen molar-refractivity contribution in [2.75, 3.05) is 5.32 Å². The van der Waals surface area contributed by atoms with Gasteiger partial charge in [-0.1, -0.05) is 11.2 Å². The lowest BCUT2D eigenvalue weighted by Crippen LogP contribution is -2.33. The number of rotatable bonds is 6. The summed E-state index contributed by atoms with van der Waals surface area (Å²) in [7, 11) is 0. The molecule has 0 saturated carbocycles. The molecular formula is C19H15F2N3O5. The maximum Gasteiger partial charge on any atom is 0.327 e. The Hall–Kier alpha value is -3.82. The number of pyridine rings is 1. The zero-order chi connectivity index (χ0) is 21.1. The van der Waals surface area contributed by atoms with Crippen LogP contribution in [0, 0.1) is 18.6 Å². The SMILES string of the molecule is Cc1cc(C(=O)Nc2cccn([C@@H](Cc3ccc(F)c(F)c3)C(=O)O)c2=O)no1. The van der Waals surface area contributed by atoms with Crippen LogP contribution in [0.2, 0.25) is 0 Å². The molecule has 3 rings (SSSR count). The number of aryl methyl sites for hydroxylation is 1. The van der Waals surface area contributed by atoms with E-state index in [-0.39, 0.29) is 23.4 Å². The predicted molar refractivity (Wildman–Crippen MR) is 96.6 cm³/mol. The van der Waals surface area contributed by atoms with E-state index in [0.29, 0.717) is 5.76 Å². The third kappa shape index (κ3) is 4.37. The topological polar surface area (TPSA) is 114 Å². The van der Waals surface area contributed by atoms with Crippen LogP contribution in [0.15, 0.2) is 51.9 Å².